The van der Waals surface area contributed by atoms with Crippen molar-refractivity contribution in [3.8, 4) is 0 Å². The summed E-state index contributed by atoms with van der Waals surface area (Å²) in [5.74, 6) is 0. The Hall–Kier alpha value is -1.82. The third-order valence-corrected chi connectivity index (χ3v) is 2.70. The highest BCUT2D eigenvalue weighted by atomic mass is 35.5. The minimum Gasteiger partial charge on any atom is -0.444 e. The molecule has 6 nitrogen and oxygen atoms in total. The molecule has 0 saturated carbocycles. The molecule has 1 N–H and O–H groups in total. The highest BCUT2D eigenvalue weighted by Crippen LogP contribution is 2.15. The standard InChI is InChI=1S/C13H17ClN4O2/c1-13(2,3)20-12(19)15-4-5-18-8-17-9-7-16-11(14)6-10(9)18/h6-8H,4-5H2,1-3H3,(H,15,19). The Morgan fingerprint density at radius 3 is 2.90 bits per heavy atom. The number of nitrogens with zero attached hydrogens (tertiary/aromatic N) is 3. The van der Waals surface area contributed by atoms with E-state index in [1.54, 1.807) is 18.6 Å². The van der Waals surface area contributed by atoms with E-state index in [-0.39, 0.29) is 0 Å². The third-order valence-electron chi connectivity index (χ3n) is 2.49. The van der Waals surface area contributed by atoms with Gasteiger partial charge in [0.15, 0.2) is 0 Å². The van der Waals surface area contributed by atoms with Gasteiger partial charge in [0.25, 0.3) is 0 Å². The molecule has 2 heterocycles. The summed E-state index contributed by atoms with van der Waals surface area (Å²) in [5, 5.41) is 3.11. The third kappa shape index (κ3) is 3.84. The van der Waals surface area contributed by atoms with Gasteiger partial charge in [0, 0.05) is 19.2 Å². The average molecular weight is 297 g/mol. The number of rotatable bonds is 3. The average Bonchev–Trinajstić information content (AvgIpc) is 2.69. The number of ether oxygens (including phenoxy) is 1. The first kappa shape index (κ1) is 14.6. The maximum Gasteiger partial charge on any atom is 0.407 e. The number of carbonyl (C=O) groups is 1. The van der Waals surface area contributed by atoms with Crippen LogP contribution < -0.4 is 5.32 Å². The number of hydrogen-bond donors (Lipinski definition) is 1. The Kier molecular flexibility index (Phi) is 4.13. The van der Waals surface area contributed by atoms with Crippen molar-refractivity contribution in [3.05, 3.63) is 23.7 Å². The molecule has 2 rings (SSSR count). The lowest BCUT2D eigenvalue weighted by Crippen LogP contribution is -2.34. The number of hydrogen-bond acceptors (Lipinski definition) is 4. The molecule has 0 bridgehead atoms. The van der Waals surface area contributed by atoms with Crippen LogP contribution in [0.15, 0.2) is 18.6 Å². The molecule has 0 saturated heterocycles. The fourth-order valence-corrected chi connectivity index (χ4v) is 1.86. The van der Waals surface area contributed by atoms with Crippen molar-refractivity contribution in [3.63, 3.8) is 0 Å². The zero-order chi connectivity index (χ0) is 14.8. The van der Waals surface area contributed by atoms with Crippen LogP contribution in [0.5, 0.6) is 0 Å². The molecule has 0 spiro atoms. The molecule has 20 heavy (non-hydrogen) atoms. The number of fused-ring (bicyclic) bond motifs is 1. The summed E-state index contributed by atoms with van der Waals surface area (Å²) in [5.41, 5.74) is 1.16. The van der Waals surface area contributed by atoms with E-state index in [1.165, 1.54) is 0 Å². The highest BCUT2D eigenvalue weighted by molar-refractivity contribution is 6.29. The van der Waals surface area contributed by atoms with Crippen molar-refractivity contribution in [2.24, 2.45) is 0 Å². The first-order chi connectivity index (χ1) is 9.35. The molecule has 2 aromatic heterocycles. The van der Waals surface area contributed by atoms with Gasteiger partial charge in [-0.2, -0.15) is 0 Å². The van der Waals surface area contributed by atoms with Gasteiger partial charge in [0.2, 0.25) is 0 Å². The van der Waals surface area contributed by atoms with E-state index in [1.807, 2.05) is 25.3 Å². The molecule has 0 aliphatic carbocycles. The van der Waals surface area contributed by atoms with E-state index < -0.39 is 11.7 Å². The first-order valence-electron chi connectivity index (χ1n) is 6.28. The number of halogens is 1. The summed E-state index contributed by atoms with van der Waals surface area (Å²) < 4.78 is 7.06. The molecule has 0 atom stereocenters. The highest BCUT2D eigenvalue weighted by Gasteiger charge is 2.15. The number of nitrogens with one attached hydrogen (secondary N) is 1. The van der Waals surface area contributed by atoms with E-state index in [9.17, 15) is 4.79 Å². The van der Waals surface area contributed by atoms with Gasteiger partial charge in [-0.1, -0.05) is 11.6 Å². The fraction of sp³-hybridized carbons (Fsp3) is 0.462. The number of pyridine rings is 1. The number of aromatic nitrogens is 3. The van der Waals surface area contributed by atoms with Gasteiger partial charge in [0.05, 0.1) is 18.0 Å². The molecular formula is C13H17ClN4O2. The lowest BCUT2D eigenvalue weighted by molar-refractivity contribution is 0.0526. The minimum atomic E-state index is -0.495. The van der Waals surface area contributed by atoms with Crippen LogP contribution in [-0.4, -0.2) is 32.8 Å². The topological polar surface area (TPSA) is 69.0 Å². The van der Waals surface area contributed by atoms with Gasteiger partial charge in [-0.15, -0.1) is 0 Å². The first-order valence-corrected chi connectivity index (χ1v) is 6.66. The van der Waals surface area contributed by atoms with Crippen molar-refractivity contribution in [1.82, 2.24) is 19.9 Å². The molecule has 2 aromatic rings. The van der Waals surface area contributed by atoms with Crippen LogP contribution in [0.4, 0.5) is 4.79 Å². The molecule has 0 unspecified atom stereocenters. The summed E-state index contributed by atoms with van der Waals surface area (Å²) in [4.78, 5) is 19.7. The Morgan fingerprint density at radius 2 is 2.20 bits per heavy atom. The zero-order valence-electron chi connectivity index (χ0n) is 11.7. The van der Waals surface area contributed by atoms with Crippen LogP contribution >= 0.6 is 11.6 Å². The Labute approximate surface area is 122 Å². The number of alkyl carbamates (subject to hydrolysis) is 1. The molecule has 0 aliphatic rings. The molecule has 7 heteroatoms. The van der Waals surface area contributed by atoms with Gasteiger partial charge in [-0.3, -0.25) is 0 Å². The van der Waals surface area contributed by atoms with Crippen molar-refractivity contribution in [2.75, 3.05) is 6.54 Å². The largest absolute Gasteiger partial charge is 0.444 e. The molecule has 0 fully saturated rings. The second-order valence-corrected chi connectivity index (χ2v) is 5.75. The predicted molar refractivity (Wildman–Crippen MR) is 76.8 cm³/mol. The van der Waals surface area contributed by atoms with Crippen LogP contribution in [0.3, 0.4) is 0 Å². The monoisotopic (exact) mass is 296 g/mol. The lowest BCUT2D eigenvalue weighted by Gasteiger charge is -2.19. The molecule has 1 amide bonds. The predicted octanol–water partition coefficient (Wildman–Crippen LogP) is 2.61. The number of amides is 1. The second kappa shape index (κ2) is 5.66. The van der Waals surface area contributed by atoms with E-state index in [4.69, 9.17) is 16.3 Å². The van der Waals surface area contributed by atoms with E-state index in [2.05, 4.69) is 15.3 Å². The van der Waals surface area contributed by atoms with Gasteiger partial charge >= 0.3 is 6.09 Å². The molecule has 0 aromatic carbocycles. The molecule has 108 valence electrons. The van der Waals surface area contributed by atoms with Crippen LogP contribution in [0.1, 0.15) is 20.8 Å². The number of imidazole rings is 1. The van der Waals surface area contributed by atoms with E-state index >= 15 is 0 Å². The Bertz CT molecular complexity index is 618. The summed E-state index contributed by atoms with van der Waals surface area (Å²) >= 11 is 5.86. The van der Waals surface area contributed by atoms with E-state index in [0.717, 1.165) is 11.0 Å². The molecule has 0 radical (unpaired) electrons. The van der Waals surface area contributed by atoms with Gasteiger partial charge in [0.1, 0.15) is 16.3 Å². The van der Waals surface area contributed by atoms with Crippen molar-refractivity contribution < 1.29 is 9.53 Å². The normalized spacial score (nSPS) is 11.6. The zero-order valence-corrected chi connectivity index (χ0v) is 12.4. The quantitative estimate of drug-likeness (QED) is 0.884. The minimum absolute atomic E-state index is 0.416. The SMILES string of the molecule is CC(C)(C)OC(=O)NCCn1cnc2cnc(Cl)cc21. The van der Waals surface area contributed by atoms with Gasteiger partial charge in [-0.25, -0.2) is 14.8 Å². The maximum absolute atomic E-state index is 11.5. The summed E-state index contributed by atoms with van der Waals surface area (Å²) in [6.07, 6.45) is 2.89. The fourth-order valence-electron chi connectivity index (χ4n) is 1.71. The number of carbonyl (C=O) groups excluding carboxylic acids is 1. The van der Waals surface area contributed by atoms with Crippen LogP contribution in [0.2, 0.25) is 5.15 Å². The maximum atomic E-state index is 11.5. The van der Waals surface area contributed by atoms with E-state index in [0.29, 0.717) is 18.2 Å². The molecule has 0 aliphatic heterocycles. The Balaban J connectivity index is 1.93. The smallest absolute Gasteiger partial charge is 0.407 e. The van der Waals surface area contributed by atoms with Crippen molar-refractivity contribution >= 4 is 28.7 Å². The van der Waals surface area contributed by atoms with Crippen molar-refractivity contribution in [1.29, 1.82) is 0 Å². The molecular weight excluding hydrogens is 280 g/mol. The Morgan fingerprint density at radius 1 is 1.45 bits per heavy atom. The van der Waals surface area contributed by atoms with Crippen LogP contribution in [-0.2, 0) is 11.3 Å². The van der Waals surface area contributed by atoms with Crippen LogP contribution in [0.25, 0.3) is 11.0 Å². The van der Waals surface area contributed by atoms with Gasteiger partial charge in [-0.05, 0) is 20.8 Å². The summed E-state index contributed by atoms with van der Waals surface area (Å²) in [6, 6.07) is 1.75. The summed E-state index contributed by atoms with van der Waals surface area (Å²) in [7, 11) is 0. The van der Waals surface area contributed by atoms with Crippen molar-refractivity contribution in [2.45, 2.75) is 32.9 Å². The second-order valence-electron chi connectivity index (χ2n) is 5.36. The summed E-state index contributed by atoms with van der Waals surface area (Å²) in [6.45, 7) is 6.50. The lowest BCUT2D eigenvalue weighted by atomic mass is 10.2. The van der Waals surface area contributed by atoms with Crippen LogP contribution in [0, 0.1) is 0 Å². The van der Waals surface area contributed by atoms with Gasteiger partial charge < -0.3 is 14.6 Å².